The summed E-state index contributed by atoms with van der Waals surface area (Å²) in [5.41, 5.74) is 8.33. The minimum Gasteiger partial charge on any atom is -0.309 e. The fraction of sp³-hybridized carbons (Fsp3) is 0.0769. The van der Waals surface area contributed by atoms with E-state index in [-0.39, 0.29) is 0 Å². The third-order valence-corrected chi connectivity index (χ3v) is 5.52. The van der Waals surface area contributed by atoms with Crippen molar-refractivity contribution in [2.75, 3.05) is 0 Å². The Morgan fingerprint density at radius 3 is 2.38 bits per heavy atom. The van der Waals surface area contributed by atoms with E-state index < -0.39 is 0 Å². The van der Waals surface area contributed by atoms with E-state index in [9.17, 15) is 5.26 Å². The lowest BCUT2D eigenvalue weighted by Gasteiger charge is -2.15. The molecule has 29 heavy (non-hydrogen) atoms. The predicted octanol–water partition coefficient (Wildman–Crippen LogP) is 6.33. The van der Waals surface area contributed by atoms with Gasteiger partial charge in [0.2, 0.25) is 0 Å². The number of nitrogens with zero attached hydrogens (tertiary/aromatic N) is 3. The van der Waals surface area contributed by atoms with Gasteiger partial charge in [0.1, 0.15) is 0 Å². The number of pyridine rings is 1. The molecule has 0 aliphatic rings. The predicted molar refractivity (Wildman–Crippen MR) is 118 cm³/mol. The molecular weight excluding hydrogens is 354 g/mol. The van der Waals surface area contributed by atoms with E-state index in [0.717, 1.165) is 22.4 Å². The molecule has 5 rings (SSSR count). The molecule has 0 fully saturated rings. The van der Waals surface area contributed by atoms with E-state index in [2.05, 4.69) is 78.0 Å². The first-order chi connectivity index (χ1) is 14.2. The standard InChI is InChI=1S/C26H19N3/c1-17-7-8-22-21-5-3-4-6-24(21)29(26(22)13-17)25-15-23(19-9-11-28-12-10-19)20(16-27)14-18(25)2/h3-15H,1-2H3. The zero-order valence-electron chi connectivity index (χ0n) is 16.3. The van der Waals surface area contributed by atoms with Gasteiger partial charge in [-0.2, -0.15) is 5.26 Å². The number of aromatic nitrogens is 2. The molecule has 0 spiro atoms. The van der Waals surface area contributed by atoms with Crippen LogP contribution in [0.25, 0.3) is 38.6 Å². The fourth-order valence-corrected chi connectivity index (χ4v) is 4.14. The number of benzene rings is 3. The second-order valence-electron chi connectivity index (χ2n) is 7.41. The van der Waals surface area contributed by atoms with Crippen LogP contribution in [0.4, 0.5) is 0 Å². The summed E-state index contributed by atoms with van der Waals surface area (Å²) in [5.74, 6) is 0. The first-order valence-electron chi connectivity index (χ1n) is 9.62. The lowest BCUT2D eigenvalue weighted by molar-refractivity contribution is 1.14. The maximum absolute atomic E-state index is 9.73. The summed E-state index contributed by atoms with van der Waals surface area (Å²) in [6, 6.07) is 25.5. The van der Waals surface area contributed by atoms with Gasteiger partial charge in [-0.3, -0.25) is 4.98 Å². The van der Waals surface area contributed by atoms with Gasteiger partial charge >= 0.3 is 0 Å². The van der Waals surface area contributed by atoms with Crippen LogP contribution in [-0.2, 0) is 0 Å². The van der Waals surface area contributed by atoms with Crippen molar-refractivity contribution in [2.45, 2.75) is 13.8 Å². The van der Waals surface area contributed by atoms with Gasteiger partial charge in [0.15, 0.2) is 0 Å². The highest BCUT2D eigenvalue weighted by molar-refractivity contribution is 6.09. The Kier molecular flexibility index (Phi) is 3.93. The van der Waals surface area contributed by atoms with E-state index in [0.29, 0.717) is 5.56 Å². The highest BCUT2D eigenvalue weighted by atomic mass is 15.0. The highest BCUT2D eigenvalue weighted by Crippen LogP contribution is 2.36. The Labute approximate surface area is 169 Å². The molecule has 5 aromatic rings. The Hall–Kier alpha value is -3.90. The zero-order chi connectivity index (χ0) is 20.0. The molecule has 0 N–H and O–H groups in total. The number of aryl methyl sites for hydroxylation is 2. The number of para-hydroxylation sites is 1. The minimum absolute atomic E-state index is 0.675. The average Bonchev–Trinajstić information content (AvgIpc) is 3.07. The van der Waals surface area contributed by atoms with Crippen molar-refractivity contribution in [1.82, 2.24) is 9.55 Å². The molecule has 0 amide bonds. The molecule has 0 unspecified atom stereocenters. The van der Waals surface area contributed by atoms with Crippen LogP contribution in [0.3, 0.4) is 0 Å². The minimum atomic E-state index is 0.675. The smallest absolute Gasteiger partial charge is 0.0998 e. The van der Waals surface area contributed by atoms with Crippen molar-refractivity contribution in [2.24, 2.45) is 0 Å². The van der Waals surface area contributed by atoms with Gasteiger partial charge < -0.3 is 4.57 Å². The Morgan fingerprint density at radius 2 is 1.59 bits per heavy atom. The van der Waals surface area contributed by atoms with Crippen molar-refractivity contribution in [3.8, 4) is 22.9 Å². The van der Waals surface area contributed by atoms with Crippen molar-refractivity contribution < 1.29 is 0 Å². The van der Waals surface area contributed by atoms with E-state index in [1.807, 2.05) is 18.2 Å². The third-order valence-electron chi connectivity index (χ3n) is 5.52. The Morgan fingerprint density at radius 1 is 0.828 bits per heavy atom. The van der Waals surface area contributed by atoms with Crippen molar-refractivity contribution in [3.05, 3.63) is 95.8 Å². The van der Waals surface area contributed by atoms with E-state index >= 15 is 0 Å². The summed E-state index contributed by atoms with van der Waals surface area (Å²) in [4.78, 5) is 4.12. The number of nitriles is 1. The van der Waals surface area contributed by atoms with E-state index in [1.54, 1.807) is 12.4 Å². The van der Waals surface area contributed by atoms with Gasteiger partial charge in [-0.25, -0.2) is 0 Å². The van der Waals surface area contributed by atoms with Crippen LogP contribution >= 0.6 is 0 Å². The first kappa shape index (κ1) is 17.2. The number of rotatable bonds is 2. The van der Waals surface area contributed by atoms with E-state index in [1.165, 1.54) is 27.4 Å². The number of hydrogen-bond donors (Lipinski definition) is 0. The molecule has 0 bridgehead atoms. The Balaban J connectivity index is 1.90. The summed E-state index contributed by atoms with van der Waals surface area (Å²) in [6.45, 7) is 4.19. The molecule has 0 aliphatic heterocycles. The topological polar surface area (TPSA) is 41.6 Å². The number of fused-ring (bicyclic) bond motifs is 3. The molecule has 2 aromatic heterocycles. The maximum Gasteiger partial charge on any atom is 0.0998 e. The van der Waals surface area contributed by atoms with Crippen molar-refractivity contribution in [1.29, 1.82) is 5.26 Å². The van der Waals surface area contributed by atoms with Gasteiger partial charge in [-0.1, -0.05) is 30.3 Å². The van der Waals surface area contributed by atoms with Crippen LogP contribution < -0.4 is 0 Å². The van der Waals surface area contributed by atoms with Crippen molar-refractivity contribution >= 4 is 21.8 Å². The van der Waals surface area contributed by atoms with E-state index in [4.69, 9.17) is 0 Å². The molecule has 3 heteroatoms. The summed E-state index contributed by atoms with van der Waals surface area (Å²) in [7, 11) is 0. The average molecular weight is 373 g/mol. The largest absolute Gasteiger partial charge is 0.309 e. The summed E-state index contributed by atoms with van der Waals surface area (Å²) >= 11 is 0. The molecule has 138 valence electrons. The second-order valence-corrected chi connectivity index (χ2v) is 7.41. The normalized spacial score (nSPS) is 11.1. The number of hydrogen-bond acceptors (Lipinski definition) is 2. The molecule has 2 heterocycles. The first-order valence-corrected chi connectivity index (χ1v) is 9.62. The van der Waals surface area contributed by atoms with Gasteiger partial charge in [0.25, 0.3) is 0 Å². The third kappa shape index (κ3) is 2.69. The van der Waals surface area contributed by atoms with Gasteiger partial charge in [-0.15, -0.1) is 0 Å². The van der Waals surface area contributed by atoms with Crippen LogP contribution in [0.15, 0.2) is 79.1 Å². The molecular formula is C26H19N3. The van der Waals surface area contributed by atoms with Gasteiger partial charge in [0.05, 0.1) is 22.7 Å². The monoisotopic (exact) mass is 373 g/mol. The Bertz CT molecular complexity index is 1420. The van der Waals surface area contributed by atoms with Crippen LogP contribution in [0, 0.1) is 25.2 Å². The second kappa shape index (κ2) is 6.61. The van der Waals surface area contributed by atoms with Crippen LogP contribution in [0.1, 0.15) is 16.7 Å². The molecule has 0 saturated heterocycles. The van der Waals surface area contributed by atoms with Gasteiger partial charge in [0, 0.05) is 34.4 Å². The summed E-state index contributed by atoms with van der Waals surface area (Å²) in [6.07, 6.45) is 3.53. The molecule has 0 radical (unpaired) electrons. The molecule has 0 aliphatic carbocycles. The molecule has 3 nitrogen and oxygen atoms in total. The summed E-state index contributed by atoms with van der Waals surface area (Å²) < 4.78 is 2.32. The summed E-state index contributed by atoms with van der Waals surface area (Å²) in [5, 5.41) is 12.2. The van der Waals surface area contributed by atoms with Crippen LogP contribution in [0.5, 0.6) is 0 Å². The quantitative estimate of drug-likeness (QED) is 0.362. The molecule has 0 saturated carbocycles. The van der Waals surface area contributed by atoms with Crippen LogP contribution in [0.2, 0.25) is 0 Å². The SMILES string of the molecule is Cc1ccc2c3ccccc3n(-c3cc(-c4ccncc4)c(C#N)cc3C)c2c1. The van der Waals surface area contributed by atoms with Crippen molar-refractivity contribution in [3.63, 3.8) is 0 Å². The maximum atomic E-state index is 9.73. The van der Waals surface area contributed by atoms with Crippen LogP contribution in [-0.4, -0.2) is 9.55 Å². The lowest BCUT2D eigenvalue weighted by atomic mass is 9.97. The van der Waals surface area contributed by atoms with Gasteiger partial charge in [-0.05, 0) is 66.9 Å². The highest BCUT2D eigenvalue weighted by Gasteiger charge is 2.16. The zero-order valence-corrected chi connectivity index (χ0v) is 16.3. The molecule has 3 aromatic carbocycles. The lowest BCUT2D eigenvalue weighted by Crippen LogP contribution is -1.99. The molecule has 0 atom stereocenters. The fourth-order valence-electron chi connectivity index (χ4n) is 4.14.